The van der Waals surface area contributed by atoms with Crippen LogP contribution in [0, 0.1) is 0 Å². The number of carbonyl (C=O) groups excluding carboxylic acids is 1. The number of nitrogens with two attached hydrogens (primary N) is 2. The normalized spacial score (nSPS) is 9.76. The van der Waals surface area contributed by atoms with Gasteiger partial charge >= 0.3 is 0 Å². The molecule has 0 saturated carbocycles. The fourth-order valence-corrected chi connectivity index (χ4v) is 2.30. The Labute approximate surface area is 169 Å². The molecule has 1 aromatic heterocycles. The number of para-hydroxylation sites is 1. The van der Waals surface area contributed by atoms with Gasteiger partial charge < -0.3 is 15.8 Å². The summed E-state index contributed by atoms with van der Waals surface area (Å²) in [4.78, 5) is 18.0. The van der Waals surface area contributed by atoms with Gasteiger partial charge in [-0.1, -0.05) is 18.2 Å². The zero-order valence-corrected chi connectivity index (χ0v) is 16.8. The van der Waals surface area contributed by atoms with E-state index in [2.05, 4.69) is 15.3 Å². The van der Waals surface area contributed by atoms with Crippen molar-refractivity contribution in [1.29, 1.82) is 0 Å². The van der Waals surface area contributed by atoms with Gasteiger partial charge in [0.2, 0.25) is 21.8 Å². The second-order valence-electron chi connectivity index (χ2n) is 5.41. The number of nitrogens with one attached hydrogen (secondary N) is 1. The average molecular weight is 417 g/mol. The minimum absolute atomic E-state index is 0.0359. The van der Waals surface area contributed by atoms with Gasteiger partial charge in [0.1, 0.15) is 6.33 Å². The maximum absolute atomic E-state index is 10.7. The van der Waals surface area contributed by atoms with Crippen LogP contribution in [0.15, 0.2) is 78.1 Å². The highest BCUT2D eigenvalue weighted by Gasteiger charge is 2.05. The molecule has 0 fully saturated rings. The first kappa shape index (κ1) is 23.5. The third kappa shape index (κ3) is 10.4. The number of sulfonamides is 1. The molecule has 0 aliphatic carbocycles. The summed E-state index contributed by atoms with van der Waals surface area (Å²) in [6, 6.07) is 16.8. The lowest BCUT2D eigenvalue weighted by atomic mass is 10.3. The Morgan fingerprint density at radius 3 is 2.07 bits per heavy atom. The van der Waals surface area contributed by atoms with Crippen molar-refractivity contribution in [2.24, 2.45) is 5.14 Å². The molecule has 10 heteroatoms. The molecule has 3 aromatic rings. The van der Waals surface area contributed by atoms with E-state index in [4.69, 9.17) is 15.6 Å². The first-order valence-electron chi connectivity index (χ1n) is 8.23. The highest BCUT2D eigenvalue weighted by atomic mass is 32.2. The van der Waals surface area contributed by atoms with Crippen molar-refractivity contribution in [3.63, 3.8) is 0 Å². The minimum Gasteiger partial charge on any atom is -0.481 e. The summed E-state index contributed by atoms with van der Waals surface area (Å²) in [5.74, 6) is 0.561. The lowest BCUT2D eigenvalue weighted by Crippen LogP contribution is -2.11. The first-order valence-corrected chi connectivity index (χ1v) is 9.78. The largest absolute Gasteiger partial charge is 0.481 e. The SMILES string of the molecule is CC(=O)Nc1ccccc1.COc1ccncn1.Nc1ccc(S(N)(=O)=O)cc1. The summed E-state index contributed by atoms with van der Waals surface area (Å²) in [6.45, 7) is 1.49. The fourth-order valence-electron chi connectivity index (χ4n) is 1.78. The van der Waals surface area contributed by atoms with E-state index in [0.717, 1.165) is 5.69 Å². The zero-order chi connectivity index (χ0) is 21.7. The van der Waals surface area contributed by atoms with E-state index in [1.54, 1.807) is 19.4 Å². The number of hydrogen-bond acceptors (Lipinski definition) is 7. The van der Waals surface area contributed by atoms with Crippen LogP contribution in [0.4, 0.5) is 11.4 Å². The standard InChI is InChI=1S/C8H9NO.C6H8N2O2S.C5H6N2O/c1-7(10)9-8-5-3-2-4-6-8;7-5-1-3-6(4-2-5)11(8,9)10;1-8-5-2-3-6-4-7-5/h2-6H,1H3,(H,9,10);1-4H,7H2,(H2,8,9,10);2-4H,1H3. The Morgan fingerprint density at radius 2 is 1.66 bits per heavy atom. The monoisotopic (exact) mass is 417 g/mol. The van der Waals surface area contributed by atoms with Crippen LogP contribution in [-0.4, -0.2) is 31.4 Å². The third-order valence-electron chi connectivity index (χ3n) is 3.07. The van der Waals surface area contributed by atoms with Gasteiger partial charge in [-0.05, 0) is 36.4 Å². The Hall–Kier alpha value is -3.50. The molecule has 5 N–H and O–H groups in total. The highest BCUT2D eigenvalue weighted by Crippen LogP contribution is 2.08. The summed E-state index contributed by atoms with van der Waals surface area (Å²) in [5.41, 5.74) is 6.69. The lowest BCUT2D eigenvalue weighted by Gasteiger charge is -1.98. The maximum atomic E-state index is 10.7. The van der Waals surface area contributed by atoms with Crippen LogP contribution < -0.4 is 20.9 Å². The summed E-state index contributed by atoms with van der Waals surface area (Å²) in [5, 5.41) is 7.50. The van der Waals surface area contributed by atoms with Gasteiger partial charge in [0.05, 0.1) is 12.0 Å². The van der Waals surface area contributed by atoms with E-state index in [-0.39, 0.29) is 10.8 Å². The van der Waals surface area contributed by atoms with Crippen molar-refractivity contribution in [2.75, 3.05) is 18.2 Å². The van der Waals surface area contributed by atoms with Crippen LogP contribution in [0.25, 0.3) is 0 Å². The van der Waals surface area contributed by atoms with Crippen molar-refractivity contribution >= 4 is 27.3 Å². The maximum Gasteiger partial charge on any atom is 0.238 e. The molecule has 0 atom stereocenters. The number of benzene rings is 2. The number of anilines is 2. The number of nitrogens with zero attached hydrogens (tertiary/aromatic N) is 2. The lowest BCUT2D eigenvalue weighted by molar-refractivity contribution is -0.114. The predicted molar refractivity (Wildman–Crippen MR) is 112 cm³/mol. The van der Waals surface area contributed by atoms with Crippen LogP contribution in [0.3, 0.4) is 0 Å². The molecule has 154 valence electrons. The molecule has 0 bridgehead atoms. The summed E-state index contributed by atoms with van der Waals surface area (Å²) in [6.07, 6.45) is 3.07. The molecule has 2 aromatic carbocycles. The second kappa shape index (κ2) is 12.1. The first-order chi connectivity index (χ1) is 13.7. The Bertz CT molecular complexity index is 967. The molecular formula is C19H23N5O4S. The van der Waals surface area contributed by atoms with E-state index in [1.807, 2.05) is 30.3 Å². The molecule has 1 amide bonds. The second-order valence-corrected chi connectivity index (χ2v) is 6.97. The number of aromatic nitrogens is 2. The summed E-state index contributed by atoms with van der Waals surface area (Å²) >= 11 is 0. The van der Waals surface area contributed by atoms with Crippen molar-refractivity contribution in [3.05, 3.63) is 73.2 Å². The van der Waals surface area contributed by atoms with Gasteiger partial charge in [0.15, 0.2) is 0 Å². The van der Waals surface area contributed by atoms with Gasteiger partial charge in [-0.15, -0.1) is 0 Å². The highest BCUT2D eigenvalue weighted by molar-refractivity contribution is 7.89. The van der Waals surface area contributed by atoms with E-state index < -0.39 is 10.0 Å². The van der Waals surface area contributed by atoms with Crippen LogP contribution in [0.2, 0.25) is 0 Å². The van der Waals surface area contributed by atoms with E-state index >= 15 is 0 Å². The van der Waals surface area contributed by atoms with Crippen LogP contribution in [0.1, 0.15) is 6.92 Å². The number of rotatable bonds is 3. The summed E-state index contributed by atoms with van der Waals surface area (Å²) < 4.78 is 26.1. The molecule has 1 heterocycles. The number of carbonyl (C=O) groups is 1. The number of methoxy groups -OCH3 is 1. The molecule has 9 nitrogen and oxygen atoms in total. The molecule has 29 heavy (non-hydrogen) atoms. The topological polar surface area (TPSA) is 150 Å². The van der Waals surface area contributed by atoms with Crippen molar-refractivity contribution in [1.82, 2.24) is 9.97 Å². The van der Waals surface area contributed by atoms with Crippen LogP contribution in [-0.2, 0) is 14.8 Å². The van der Waals surface area contributed by atoms with Crippen molar-refractivity contribution < 1.29 is 17.9 Å². The third-order valence-corrected chi connectivity index (χ3v) is 4.00. The smallest absolute Gasteiger partial charge is 0.238 e. The number of primary sulfonamides is 1. The van der Waals surface area contributed by atoms with Gasteiger partial charge in [-0.2, -0.15) is 0 Å². The van der Waals surface area contributed by atoms with Gasteiger partial charge in [-0.3, -0.25) is 4.79 Å². The van der Waals surface area contributed by atoms with E-state index in [0.29, 0.717) is 11.6 Å². The molecule has 0 spiro atoms. The fraction of sp³-hybridized carbons (Fsp3) is 0.105. The Kier molecular flexibility index (Phi) is 9.79. The van der Waals surface area contributed by atoms with Crippen molar-refractivity contribution in [2.45, 2.75) is 11.8 Å². The van der Waals surface area contributed by atoms with Crippen LogP contribution in [0.5, 0.6) is 5.88 Å². The molecule has 0 radical (unpaired) electrons. The number of amides is 1. The van der Waals surface area contributed by atoms with Gasteiger partial charge in [0, 0.05) is 30.6 Å². The van der Waals surface area contributed by atoms with E-state index in [9.17, 15) is 13.2 Å². The molecule has 0 unspecified atom stereocenters. The Balaban J connectivity index is 0.000000220. The number of nitrogen functional groups attached to an aromatic ring is 1. The molecular weight excluding hydrogens is 394 g/mol. The Morgan fingerprint density at radius 1 is 1.03 bits per heavy atom. The molecule has 0 saturated heterocycles. The molecule has 0 aliphatic rings. The molecule has 0 aliphatic heterocycles. The minimum atomic E-state index is -3.58. The summed E-state index contributed by atoms with van der Waals surface area (Å²) in [7, 11) is -2.00. The van der Waals surface area contributed by atoms with Gasteiger partial charge in [0.25, 0.3) is 0 Å². The molecule has 3 rings (SSSR count). The van der Waals surface area contributed by atoms with Crippen molar-refractivity contribution in [3.8, 4) is 5.88 Å². The quantitative estimate of drug-likeness (QED) is 0.552. The zero-order valence-electron chi connectivity index (χ0n) is 16.0. The number of ether oxygens (including phenoxy) is 1. The van der Waals surface area contributed by atoms with E-state index in [1.165, 1.54) is 37.5 Å². The number of hydrogen-bond donors (Lipinski definition) is 3. The van der Waals surface area contributed by atoms with Crippen LogP contribution >= 0.6 is 0 Å². The van der Waals surface area contributed by atoms with Gasteiger partial charge in [-0.25, -0.2) is 23.5 Å². The predicted octanol–water partition coefficient (Wildman–Crippen LogP) is 2.05. The average Bonchev–Trinajstić information content (AvgIpc) is 2.69.